The number of hydrogen-bond donors (Lipinski definition) is 1. The molecule has 0 amide bonds. The normalized spacial score (nSPS) is 17.2. The molecule has 1 aliphatic rings. The van der Waals surface area contributed by atoms with E-state index in [0.717, 1.165) is 48.0 Å². The Morgan fingerprint density at radius 2 is 2.09 bits per heavy atom. The van der Waals surface area contributed by atoms with E-state index < -0.39 is 0 Å². The maximum Gasteiger partial charge on any atom is 0.138 e. The number of aromatic nitrogens is 5. The summed E-state index contributed by atoms with van der Waals surface area (Å²) in [4.78, 5) is 4.25. The highest BCUT2D eigenvalue weighted by molar-refractivity contribution is 6.30. The van der Waals surface area contributed by atoms with Gasteiger partial charge in [-0.1, -0.05) is 11.6 Å². The third-order valence-electron chi connectivity index (χ3n) is 4.13. The van der Waals surface area contributed by atoms with Gasteiger partial charge >= 0.3 is 0 Å². The Bertz CT molecular complexity index is 791. The number of hydrogen-bond acceptors (Lipinski definition) is 4. The van der Waals surface area contributed by atoms with Gasteiger partial charge in [-0.25, -0.2) is 14.3 Å². The Morgan fingerprint density at radius 1 is 1.22 bits per heavy atom. The van der Waals surface area contributed by atoms with Crippen molar-refractivity contribution in [2.75, 3.05) is 0 Å². The molecule has 0 saturated heterocycles. The molecule has 6 nitrogen and oxygen atoms in total. The van der Waals surface area contributed by atoms with Crippen molar-refractivity contribution in [3.05, 3.63) is 59.4 Å². The number of halogens is 1. The van der Waals surface area contributed by atoms with Gasteiger partial charge in [-0.3, -0.25) is 0 Å². The molecule has 0 fully saturated rings. The Hall–Kier alpha value is -2.18. The van der Waals surface area contributed by atoms with Crippen LogP contribution in [0.2, 0.25) is 5.02 Å². The average molecular weight is 329 g/mol. The molecule has 118 valence electrons. The van der Waals surface area contributed by atoms with Crippen molar-refractivity contribution in [2.24, 2.45) is 0 Å². The number of rotatable bonds is 4. The second-order valence-electron chi connectivity index (χ2n) is 5.74. The second kappa shape index (κ2) is 6.14. The van der Waals surface area contributed by atoms with Crippen molar-refractivity contribution >= 4 is 11.6 Å². The molecule has 1 N–H and O–H groups in total. The smallest absolute Gasteiger partial charge is 0.138 e. The lowest BCUT2D eigenvalue weighted by Crippen LogP contribution is -2.37. The zero-order valence-electron chi connectivity index (χ0n) is 12.6. The number of nitrogens with one attached hydrogen (secondary N) is 1. The standard InChI is InChI=1S/C16H17ClN6/c17-13-1-4-15(5-2-13)22-9-12(8-20-22)7-18-14-3-6-16-19-11-21-23(16)10-14/h1-2,4-5,8-9,11,14,18H,3,6-7,10H2/t14-/m0/s1. The molecule has 1 aliphatic heterocycles. The monoisotopic (exact) mass is 328 g/mol. The first-order chi connectivity index (χ1) is 11.3. The van der Waals surface area contributed by atoms with E-state index in [-0.39, 0.29) is 0 Å². The van der Waals surface area contributed by atoms with Crippen LogP contribution in [0.3, 0.4) is 0 Å². The maximum atomic E-state index is 5.92. The molecule has 1 atom stereocenters. The molecular weight excluding hydrogens is 312 g/mol. The van der Waals surface area contributed by atoms with Gasteiger partial charge in [0.25, 0.3) is 0 Å². The molecule has 23 heavy (non-hydrogen) atoms. The van der Waals surface area contributed by atoms with Crippen LogP contribution in [-0.4, -0.2) is 30.6 Å². The summed E-state index contributed by atoms with van der Waals surface area (Å²) in [7, 11) is 0. The zero-order valence-corrected chi connectivity index (χ0v) is 13.3. The fourth-order valence-electron chi connectivity index (χ4n) is 2.85. The highest BCUT2D eigenvalue weighted by atomic mass is 35.5. The summed E-state index contributed by atoms with van der Waals surface area (Å²) in [5, 5.41) is 13.0. The number of nitrogens with zero attached hydrogens (tertiary/aromatic N) is 5. The van der Waals surface area contributed by atoms with Crippen LogP contribution in [0.15, 0.2) is 43.0 Å². The van der Waals surface area contributed by atoms with Gasteiger partial charge in [0.1, 0.15) is 12.2 Å². The van der Waals surface area contributed by atoms with Gasteiger partial charge in [0.2, 0.25) is 0 Å². The van der Waals surface area contributed by atoms with E-state index in [4.69, 9.17) is 11.6 Å². The molecule has 4 rings (SSSR count). The van der Waals surface area contributed by atoms with Crippen LogP contribution < -0.4 is 5.32 Å². The van der Waals surface area contributed by atoms with E-state index >= 15 is 0 Å². The average Bonchev–Trinajstić information content (AvgIpc) is 3.22. The first kappa shape index (κ1) is 14.4. The summed E-state index contributed by atoms with van der Waals surface area (Å²) >= 11 is 5.92. The van der Waals surface area contributed by atoms with Crippen molar-refractivity contribution in [1.82, 2.24) is 29.9 Å². The van der Waals surface area contributed by atoms with Gasteiger partial charge < -0.3 is 5.32 Å². The van der Waals surface area contributed by atoms with Crippen molar-refractivity contribution in [2.45, 2.75) is 32.0 Å². The summed E-state index contributed by atoms with van der Waals surface area (Å²) in [6.45, 7) is 1.67. The minimum Gasteiger partial charge on any atom is -0.308 e. The van der Waals surface area contributed by atoms with Crippen LogP contribution in [0.4, 0.5) is 0 Å². The molecule has 0 bridgehead atoms. The van der Waals surface area contributed by atoms with E-state index in [1.165, 1.54) is 0 Å². The van der Waals surface area contributed by atoms with Crippen LogP contribution in [0.1, 0.15) is 17.8 Å². The summed E-state index contributed by atoms with van der Waals surface area (Å²) < 4.78 is 3.85. The minimum atomic E-state index is 0.420. The quantitative estimate of drug-likeness (QED) is 0.797. The minimum absolute atomic E-state index is 0.420. The summed E-state index contributed by atoms with van der Waals surface area (Å²) in [6, 6.07) is 8.07. The molecule has 0 spiro atoms. The molecule has 0 aliphatic carbocycles. The summed E-state index contributed by atoms with van der Waals surface area (Å²) in [6.07, 6.45) is 7.63. The number of fused-ring (bicyclic) bond motifs is 1. The fraction of sp³-hybridized carbons (Fsp3) is 0.312. The molecule has 0 radical (unpaired) electrons. The lowest BCUT2D eigenvalue weighted by Gasteiger charge is -2.23. The van der Waals surface area contributed by atoms with Crippen LogP contribution in [-0.2, 0) is 19.5 Å². The maximum absolute atomic E-state index is 5.92. The molecule has 0 saturated carbocycles. The van der Waals surface area contributed by atoms with E-state index in [2.05, 4.69) is 20.5 Å². The fourth-order valence-corrected chi connectivity index (χ4v) is 2.98. The van der Waals surface area contributed by atoms with Gasteiger partial charge in [-0.2, -0.15) is 10.2 Å². The molecule has 3 heterocycles. The molecule has 3 aromatic rings. The van der Waals surface area contributed by atoms with Crippen molar-refractivity contribution < 1.29 is 0 Å². The first-order valence-corrected chi connectivity index (χ1v) is 8.05. The van der Waals surface area contributed by atoms with Crippen LogP contribution in [0, 0.1) is 0 Å². The lowest BCUT2D eigenvalue weighted by atomic mass is 10.1. The summed E-state index contributed by atoms with van der Waals surface area (Å²) in [5.74, 6) is 1.08. The van der Waals surface area contributed by atoms with Crippen LogP contribution >= 0.6 is 11.6 Å². The van der Waals surface area contributed by atoms with E-state index in [1.807, 2.05) is 46.0 Å². The Morgan fingerprint density at radius 3 is 2.96 bits per heavy atom. The third-order valence-corrected chi connectivity index (χ3v) is 4.38. The van der Waals surface area contributed by atoms with Crippen molar-refractivity contribution in [1.29, 1.82) is 0 Å². The van der Waals surface area contributed by atoms with Gasteiger partial charge in [-0.05, 0) is 30.7 Å². The molecular formula is C16H17ClN6. The number of benzene rings is 1. The van der Waals surface area contributed by atoms with Gasteiger partial charge in [0, 0.05) is 35.8 Å². The van der Waals surface area contributed by atoms with E-state index in [0.29, 0.717) is 6.04 Å². The highest BCUT2D eigenvalue weighted by Gasteiger charge is 2.19. The largest absolute Gasteiger partial charge is 0.308 e. The topological polar surface area (TPSA) is 60.6 Å². The molecule has 7 heteroatoms. The molecule has 0 unspecified atom stereocenters. The number of aryl methyl sites for hydroxylation is 1. The summed E-state index contributed by atoms with van der Waals surface area (Å²) in [5.41, 5.74) is 2.16. The van der Waals surface area contributed by atoms with Crippen LogP contribution in [0.25, 0.3) is 5.69 Å². The third kappa shape index (κ3) is 3.13. The molecule has 2 aromatic heterocycles. The van der Waals surface area contributed by atoms with E-state index in [9.17, 15) is 0 Å². The molecule has 1 aromatic carbocycles. The van der Waals surface area contributed by atoms with Gasteiger partial charge in [0.15, 0.2) is 0 Å². The van der Waals surface area contributed by atoms with Crippen LogP contribution in [0.5, 0.6) is 0 Å². The van der Waals surface area contributed by atoms with Crippen molar-refractivity contribution in [3.8, 4) is 5.69 Å². The zero-order chi connectivity index (χ0) is 15.6. The lowest BCUT2D eigenvalue weighted by molar-refractivity contribution is 0.358. The van der Waals surface area contributed by atoms with Gasteiger partial charge in [0.05, 0.1) is 18.4 Å². The van der Waals surface area contributed by atoms with Gasteiger partial charge in [-0.15, -0.1) is 0 Å². The first-order valence-electron chi connectivity index (χ1n) is 7.67. The second-order valence-corrected chi connectivity index (χ2v) is 6.18. The highest BCUT2D eigenvalue weighted by Crippen LogP contribution is 2.14. The Labute approximate surface area is 139 Å². The Kier molecular flexibility index (Phi) is 3.85. The Balaban J connectivity index is 1.38. The van der Waals surface area contributed by atoms with E-state index in [1.54, 1.807) is 6.33 Å². The SMILES string of the molecule is Clc1ccc(-n2cc(CN[C@H]3CCc4ncnn4C3)cn2)cc1. The van der Waals surface area contributed by atoms with Crippen molar-refractivity contribution in [3.63, 3.8) is 0 Å². The predicted octanol–water partition coefficient (Wildman–Crippen LogP) is 2.22. The predicted molar refractivity (Wildman–Crippen MR) is 87.5 cm³/mol.